The summed E-state index contributed by atoms with van der Waals surface area (Å²) in [6.45, 7) is 1.82. The lowest BCUT2D eigenvalue weighted by Gasteiger charge is -2.11. The van der Waals surface area contributed by atoms with Gasteiger partial charge in [-0.25, -0.2) is 14.6 Å². The molecule has 2 rings (SSSR count). The van der Waals surface area contributed by atoms with Crippen molar-refractivity contribution < 1.29 is 19.1 Å². The molecular formula is C16H15NO4. The van der Waals surface area contributed by atoms with E-state index in [9.17, 15) is 9.59 Å². The summed E-state index contributed by atoms with van der Waals surface area (Å²) in [7, 11) is 2.50. The van der Waals surface area contributed by atoms with Gasteiger partial charge in [0.25, 0.3) is 0 Å². The van der Waals surface area contributed by atoms with Gasteiger partial charge in [-0.15, -0.1) is 0 Å². The maximum absolute atomic E-state index is 11.9. The summed E-state index contributed by atoms with van der Waals surface area (Å²) in [4.78, 5) is 27.9. The topological polar surface area (TPSA) is 65.5 Å². The molecule has 2 aromatic rings. The Bertz CT molecular complexity index is 680. The maximum atomic E-state index is 11.9. The van der Waals surface area contributed by atoms with Crippen molar-refractivity contribution in [1.29, 1.82) is 0 Å². The van der Waals surface area contributed by atoms with Gasteiger partial charge in [0.05, 0.1) is 25.5 Å². The molecule has 0 aliphatic heterocycles. The fraction of sp³-hybridized carbons (Fsp3) is 0.188. The standard InChI is InChI=1S/C16H15NO4/c1-10-9-12(15(18)20-2)14(16(19)21-3)17-13(10)11-7-5-4-6-8-11/h4-9H,1-3H3. The highest BCUT2D eigenvalue weighted by Gasteiger charge is 2.22. The fourth-order valence-corrected chi connectivity index (χ4v) is 2.02. The van der Waals surface area contributed by atoms with E-state index in [1.165, 1.54) is 14.2 Å². The van der Waals surface area contributed by atoms with Gasteiger partial charge >= 0.3 is 11.9 Å². The van der Waals surface area contributed by atoms with Crippen molar-refractivity contribution in [3.8, 4) is 11.3 Å². The molecule has 0 aliphatic rings. The van der Waals surface area contributed by atoms with Crippen LogP contribution in [0.2, 0.25) is 0 Å². The third kappa shape index (κ3) is 2.91. The van der Waals surface area contributed by atoms with Gasteiger partial charge < -0.3 is 9.47 Å². The number of hydrogen-bond donors (Lipinski definition) is 0. The van der Waals surface area contributed by atoms with Crippen molar-refractivity contribution in [2.24, 2.45) is 0 Å². The van der Waals surface area contributed by atoms with Crippen molar-refractivity contribution in [3.05, 3.63) is 53.2 Å². The molecule has 0 atom stereocenters. The number of methoxy groups -OCH3 is 2. The molecule has 1 heterocycles. The van der Waals surface area contributed by atoms with E-state index in [1.54, 1.807) is 6.07 Å². The van der Waals surface area contributed by atoms with Gasteiger partial charge in [0.1, 0.15) is 0 Å². The van der Waals surface area contributed by atoms with Crippen molar-refractivity contribution in [2.75, 3.05) is 14.2 Å². The molecule has 0 unspecified atom stereocenters. The smallest absolute Gasteiger partial charge is 0.357 e. The number of aryl methyl sites for hydroxylation is 1. The van der Waals surface area contributed by atoms with Crippen LogP contribution in [0.4, 0.5) is 0 Å². The predicted molar refractivity (Wildman–Crippen MR) is 77.1 cm³/mol. The number of benzene rings is 1. The molecule has 1 aromatic heterocycles. The Morgan fingerprint density at radius 1 is 1.00 bits per heavy atom. The molecule has 0 spiro atoms. The Labute approximate surface area is 122 Å². The van der Waals surface area contributed by atoms with Crippen molar-refractivity contribution in [1.82, 2.24) is 4.98 Å². The van der Waals surface area contributed by atoms with E-state index in [4.69, 9.17) is 4.74 Å². The minimum absolute atomic E-state index is 0.0474. The normalized spacial score (nSPS) is 10.0. The average molecular weight is 285 g/mol. The first-order valence-corrected chi connectivity index (χ1v) is 6.32. The first-order valence-electron chi connectivity index (χ1n) is 6.32. The lowest BCUT2D eigenvalue weighted by molar-refractivity contribution is 0.0550. The van der Waals surface area contributed by atoms with E-state index in [2.05, 4.69) is 9.72 Å². The van der Waals surface area contributed by atoms with Gasteiger partial charge in [0.15, 0.2) is 5.69 Å². The van der Waals surface area contributed by atoms with E-state index < -0.39 is 11.9 Å². The van der Waals surface area contributed by atoms with Crippen molar-refractivity contribution in [2.45, 2.75) is 6.92 Å². The molecule has 0 fully saturated rings. The Morgan fingerprint density at radius 2 is 1.62 bits per heavy atom. The SMILES string of the molecule is COC(=O)c1cc(C)c(-c2ccccc2)nc1C(=O)OC. The van der Waals surface area contributed by atoms with Crippen LogP contribution < -0.4 is 0 Å². The van der Waals surface area contributed by atoms with E-state index in [0.717, 1.165) is 11.1 Å². The first-order chi connectivity index (χ1) is 10.1. The summed E-state index contributed by atoms with van der Waals surface area (Å²) in [6, 6.07) is 11.0. The Hall–Kier alpha value is -2.69. The van der Waals surface area contributed by atoms with Crippen LogP contribution in [0.25, 0.3) is 11.3 Å². The summed E-state index contributed by atoms with van der Waals surface area (Å²) in [5.74, 6) is -1.29. The number of carbonyl (C=O) groups excluding carboxylic acids is 2. The summed E-state index contributed by atoms with van der Waals surface area (Å²) >= 11 is 0. The summed E-state index contributed by atoms with van der Waals surface area (Å²) in [6.07, 6.45) is 0. The zero-order valence-corrected chi connectivity index (χ0v) is 12.0. The van der Waals surface area contributed by atoms with Crippen LogP contribution in [0, 0.1) is 6.92 Å². The second kappa shape index (κ2) is 6.17. The molecule has 0 aliphatic carbocycles. The Kier molecular flexibility index (Phi) is 4.33. The molecule has 0 N–H and O–H groups in total. The average Bonchev–Trinajstić information content (AvgIpc) is 2.53. The van der Waals surface area contributed by atoms with Crippen LogP contribution in [0.15, 0.2) is 36.4 Å². The molecule has 21 heavy (non-hydrogen) atoms. The third-order valence-electron chi connectivity index (χ3n) is 3.04. The van der Waals surface area contributed by atoms with E-state index >= 15 is 0 Å². The Morgan fingerprint density at radius 3 is 2.19 bits per heavy atom. The molecule has 0 amide bonds. The minimum atomic E-state index is -0.674. The van der Waals surface area contributed by atoms with Gasteiger partial charge in [-0.2, -0.15) is 0 Å². The van der Waals surface area contributed by atoms with Crippen LogP contribution >= 0.6 is 0 Å². The zero-order valence-electron chi connectivity index (χ0n) is 12.0. The number of nitrogens with zero attached hydrogens (tertiary/aromatic N) is 1. The van der Waals surface area contributed by atoms with Gasteiger partial charge in [-0.3, -0.25) is 0 Å². The van der Waals surface area contributed by atoms with Crippen LogP contribution in [0.1, 0.15) is 26.4 Å². The van der Waals surface area contributed by atoms with Crippen LogP contribution in [0.5, 0.6) is 0 Å². The van der Waals surface area contributed by atoms with Crippen molar-refractivity contribution in [3.63, 3.8) is 0 Å². The molecule has 0 bridgehead atoms. The highest BCUT2D eigenvalue weighted by atomic mass is 16.5. The molecule has 5 nitrogen and oxygen atoms in total. The van der Waals surface area contributed by atoms with Crippen molar-refractivity contribution >= 4 is 11.9 Å². The molecule has 108 valence electrons. The maximum Gasteiger partial charge on any atom is 0.357 e. The van der Waals surface area contributed by atoms with Crippen LogP contribution in [-0.2, 0) is 9.47 Å². The number of ether oxygens (including phenoxy) is 2. The molecule has 1 aromatic carbocycles. The Balaban J connectivity index is 2.65. The molecule has 0 radical (unpaired) electrons. The van der Waals surface area contributed by atoms with E-state index in [0.29, 0.717) is 5.69 Å². The summed E-state index contributed by atoms with van der Waals surface area (Å²) in [5.41, 5.74) is 2.31. The number of carbonyl (C=O) groups is 2. The lowest BCUT2D eigenvalue weighted by Crippen LogP contribution is -2.15. The predicted octanol–water partition coefficient (Wildman–Crippen LogP) is 2.63. The third-order valence-corrected chi connectivity index (χ3v) is 3.04. The number of rotatable bonds is 3. The molecule has 5 heteroatoms. The lowest BCUT2D eigenvalue weighted by atomic mass is 10.0. The van der Waals surface area contributed by atoms with Crippen LogP contribution in [-0.4, -0.2) is 31.1 Å². The minimum Gasteiger partial charge on any atom is -0.465 e. The summed E-state index contributed by atoms with van der Waals surface area (Å²) in [5, 5.41) is 0. The second-order valence-corrected chi connectivity index (χ2v) is 4.40. The number of aromatic nitrogens is 1. The largest absolute Gasteiger partial charge is 0.465 e. The van der Waals surface area contributed by atoms with Gasteiger partial charge in [0.2, 0.25) is 0 Å². The van der Waals surface area contributed by atoms with E-state index in [1.807, 2.05) is 37.3 Å². The quantitative estimate of drug-likeness (QED) is 0.811. The van der Waals surface area contributed by atoms with E-state index in [-0.39, 0.29) is 11.3 Å². The number of esters is 2. The van der Waals surface area contributed by atoms with Gasteiger partial charge in [-0.1, -0.05) is 30.3 Å². The monoisotopic (exact) mass is 285 g/mol. The van der Waals surface area contributed by atoms with Crippen LogP contribution in [0.3, 0.4) is 0 Å². The van der Waals surface area contributed by atoms with Gasteiger partial charge in [-0.05, 0) is 18.6 Å². The number of hydrogen-bond acceptors (Lipinski definition) is 5. The zero-order chi connectivity index (χ0) is 15.4. The highest BCUT2D eigenvalue weighted by Crippen LogP contribution is 2.24. The number of pyridine rings is 1. The molecule has 0 saturated heterocycles. The highest BCUT2D eigenvalue weighted by molar-refractivity contribution is 6.02. The summed E-state index contributed by atoms with van der Waals surface area (Å²) < 4.78 is 9.38. The molecule has 0 saturated carbocycles. The van der Waals surface area contributed by atoms with Gasteiger partial charge in [0, 0.05) is 5.56 Å². The second-order valence-electron chi connectivity index (χ2n) is 4.40. The fourth-order valence-electron chi connectivity index (χ4n) is 2.02. The first kappa shape index (κ1) is 14.7. The molecular weight excluding hydrogens is 270 g/mol.